The molecule has 3 aliphatic heterocycles. The van der Waals surface area contributed by atoms with Crippen molar-refractivity contribution in [3.63, 3.8) is 0 Å². The quantitative estimate of drug-likeness (QED) is 0.888. The highest BCUT2D eigenvalue weighted by atomic mass is 16.1. The lowest BCUT2D eigenvalue weighted by molar-refractivity contribution is -0.121. The molecule has 1 aromatic carbocycles. The van der Waals surface area contributed by atoms with Crippen molar-refractivity contribution >= 4 is 16.8 Å². The van der Waals surface area contributed by atoms with E-state index in [1.54, 1.807) is 7.05 Å². The number of likely N-dealkylation sites (N-methyl/N-ethyl adjacent to an activating group) is 2. The van der Waals surface area contributed by atoms with Gasteiger partial charge >= 0.3 is 0 Å². The van der Waals surface area contributed by atoms with Gasteiger partial charge in [0.1, 0.15) is 0 Å². The number of amides is 1. The number of aromatic nitrogens is 1. The number of carbonyl (C=O) groups is 1. The molecule has 3 aliphatic rings. The van der Waals surface area contributed by atoms with Crippen LogP contribution < -0.4 is 5.32 Å². The van der Waals surface area contributed by atoms with Crippen LogP contribution in [0.15, 0.2) is 48.3 Å². The molecule has 1 aromatic heterocycles. The van der Waals surface area contributed by atoms with Crippen LogP contribution in [0.4, 0.5) is 0 Å². The van der Waals surface area contributed by atoms with E-state index in [0.717, 1.165) is 38.0 Å². The van der Waals surface area contributed by atoms with Crippen LogP contribution in [-0.4, -0.2) is 66.1 Å². The number of nitrogens with zero attached hydrogens (tertiary/aromatic N) is 4. The van der Waals surface area contributed by atoms with E-state index in [1.165, 1.54) is 16.6 Å². The maximum absolute atomic E-state index is 11.8. The first-order valence-corrected chi connectivity index (χ1v) is 10.1. The Morgan fingerprint density at radius 2 is 2.11 bits per heavy atom. The highest BCUT2D eigenvalue weighted by Crippen LogP contribution is 2.52. The molecule has 0 saturated carbocycles. The average Bonchev–Trinajstić information content (AvgIpc) is 3.38. The Bertz CT molecular complexity index is 957. The lowest BCUT2D eigenvalue weighted by atomic mass is 9.82. The maximum Gasteiger partial charge on any atom is 0.233 e. The van der Waals surface area contributed by atoms with Gasteiger partial charge in [0.15, 0.2) is 0 Å². The summed E-state index contributed by atoms with van der Waals surface area (Å²) in [5.74, 6) is 0.101. The van der Waals surface area contributed by atoms with Crippen molar-refractivity contribution in [1.29, 1.82) is 0 Å². The number of fused-ring (bicyclic) bond motifs is 3. The van der Waals surface area contributed by atoms with Gasteiger partial charge in [0, 0.05) is 49.9 Å². The zero-order valence-electron chi connectivity index (χ0n) is 16.6. The van der Waals surface area contributed by atoms with Crippen LogP contribution in [0.25, 0.3) is 10.9 Å². The predicted molar refractivity (Wildman–Crippen MR) is 109 cm³/mol. The van der Waals surface area contributed by atoms with Crippen LogP contribution in [0.3, 0.4) is 0 Å². The second-order valence-corrected chi connectivity index (χ2v) is 8.32. The summed E-state index contributed by atoms with van der Waals surface area (Å²) >= 11 is 0. The molecule has 1 N–H and O–H groups in total. The Morgan fingerprint density at radius 1 is 1.29 bits per heavy atom. The topological polar surface area (TPSA) is 51.7 Å². The van der Waals surface area contributed by atoms with Crippen molar-refractivity contribution in [2.24, 2.45) is 5.41 Å². The lowest BCUT2D eigenvalue weighted by Crippen LogP contribution is -2.36. The summed E-state index contributed by atoms with van der Waals surface area (Å²) in [4.78, 5) is 18.8. The zero-order valence-corrected chi connectivity index (χ0v) is 16.6. The van der Waals surface area contributed by atoms with E-state index in [-0.39, 0.29) is 17.4 Å². The van der Waals surface area contributed by atoms with E-state index < -0.39 is 0 Å². The summed E-state index contributed by atoms with van der Waals surface area (Å²) in [5, 5.41) is 8.74. The molecule has 6 heteroatoms. The van der Waals surface area contributed by atoms with Gasteiger partial charge in [-0.25, -0.2) is 5.01 Å². The molecule has 0 radical (unpaired) electrons. The third-order valence-electron chi connectivity index (χ3n) is 6.75. The summed E-state index contributed by atoms with van der Waals surface area (Å²) < 4.78 is 0. The van der Waals surface area contributed by atoms with Crippen molar-refractivity contribution in [2.45, 2.75) is 18.9 Å². The molecule has 5 rings (SSSR count). The number of para-hydroxylation sites is 1. The van der Waals surface area contributed by atoms with E-state index >= 15 is 0 Å². The highest BCUT2D eigenvalue weighted by Gasteiger charge is 2.51. The minimum atomic E-state index is 0.101. The van der Waals surface area contributed by atoms with E-state index in [2.05, 4.69) is 62.6 Å². The van der Waals surface area contributed by atoms with Gasteiger partial charge in [0.05, 0.1) is 18.1 Å². The molecular weight excluding hydrogens is 350 g/mol. The minimum Gasteiger partial charge on any atom is -0.358 e. The summed E-state index contributed by atoms with van der Waals surface area (Å²) in [6.07, 6.45) is 6.74. The monoisotopic (exact) mass is 377 g/mol. The molecule has 2 saturated heterocycles. The molecule has 1 amide bonds. The van der Waals surface area contributed by atoms with Gasteiger partial charge in [-0.2, -0.15) is 0 Å². The average molecular weight is 377 g/mol. The Balaban J connectivity index is 1.43. The fraction of sp³-hybridized carbons (Fsp3) is 0.455. The van der Waals surface area contributed by atoms with Crippen molar-refractivity contribution < 1.29 is 4.79 Å². The van der Waals surface area contributed by atoms with Crippen LogP contribution in [0, 0.1) is 5.41 Å². The Kier molecular flexibility index (Phi) is 4.14. The zero-order chi connectivity index (χ0) is 19.3. The molecule has 2 aromatic rings. The van der Waals surface area contributed by atoms with Gasteiger partial charge < -0.3 is 10.3 Å². The number of carbonyl (C=O) groups excluding carboxylic acids is 1. The van der Waals surface area contributed by atoms with E-state index in [4.69, 9.17) is 0 Å². The van der Waals surface area contributed by atoms with E-state index in [1.807, 2.05) is 12.3 Å². The number of hydrogen-bond donors (Lipinski definition) is 1. The predicted octanol–water partition coefficient (Wildman–Crippen LogP) is 2.16. The number of hydrogen-bond acceptors (Lipinski definition) is 5. The Morgan fingerprint density at radius 3 is 2.96 bits per heavy atom. The molecular formula is C22H27N5O. The smallest absolute Gasteiger partial charge is 0.233 e. The molecule has 28 heavy (non-hydrogen) atoms. The van der Waals surface area contributed by atoms with Gasteiger partial charge in [0.25, 0.3) is 0 Å². The molecule has 2 unspecified atom stereocenters. The second kappa shape index (κ2) is 6.57. The van der Waals surface area contributed by atoms with Gasteiger partial charge in [-0.05, 0) is 43.2 Å². The Labute approximate surface area is 165 Å². The number of benzene rings is 1. The van der Waals surface area contributed by atoms with Crippen molar-refractivity contribution in [3.05, 3.63) is 53.9 Å². The number of rotatable bonds is 3. The van der Waals surface area contributed by atoms with Crippen LogP contribution >= 0.6 is 0 Å². The van der Waals surface area contributed by atoms with Gasteiger partial charge in [-0.3, -0.25) is 14.7 Å². The highest BCUT2D eigenvalue weighted by molar-refractivity contribution is 5.79. The largest absolute Gasteiger partial charge is 0.358 e. The van der Waals surface area contributed by atoms with Crippen molar-refractivity contribution in [3.8, 4) is 0 Å². The van der Waals surface area contributed by atoms with Crippen LogP contribution in [-0.2, 0) is 4.79 Å². The van der Waals surface area contributed by atoms with Gasteiger partial charge in [0.2, 0.25) is 5.91 Å². The first-order valence-electron chi connectivity index (χ1n) is 10.1. The number of hydrazine groups is 1. The summed E-state index contributed by atoms with van der Waals surface area (Å²) in [7, 11) is 3.89. The fourth-order valence-corrected chi connectivity index (χ4v) is 5.19. The Hall–Kier alpha value is -2.44. The molecule has 4 heterocycles. The first-order chi connectivity index (χ1) is 13.6. The van der Waals surface area contributed by atoms with Gasteiger partial charge in [-0.15, -0.1) is 0 Å². The third kappa shape index (κ3) is 2.71. The molecule has 146 valence electrons. The molecule has 2 fully saturated rings. The number of nitrogens with one attached hydrogen (secondary N) is 1. The first kappa shape index (κ1) is 17.6. The number of pyridine rings is 1. The fourth-order valence-electron chi connectivity index (χ4n) is 5.19. The van der Waals surface area contributed by atoms with Crippen LogP contribution in [0.1, 0.15) is 24.4 Å². The summed E-state index contributed by atoms with van der Waals surface area (Å²) in [5.41, 5.74) is 3.89. The van der Waals surface area contributed by atoms with Crippen LogP contribution in [0.5, 0.6) is 0 Å². The summed E-state index contributed by atoms with van der Waals surface area (Å²) in [6, 6.07) is 10.8. The maximum atomic E-state index is 11.8. The van der Waals surface area contributed by atoms with Crippen molar-refractivity contribution in [1.82, 2.24) is 25.2 Å². The van der Waals surface area contributed by atoms with Gasteiger partial charge in [-0.1, -0.05) is 18.2 Å². The van der Waals surface area contributed by atoms with Crippen molar-refractivity contribution in [2.75, 3.05) is 40.3 Å². The second-order valence-electron chi connectivity index (χ2n) is 8.32. The van der Waals surface area contributed by atoms with Crippen LogP contribution in [0.2, 0.25) is 0 Å². The number of likely N-dealkylation sites (tertiary alicyclic amines) is 1. The minimum absolute atomic E-state index is 0.101. The SMILES string of the molecule is CNC(=O)CN1CCC2(CCN3C2=CC(c2cnc4ccccc4c2)N3C)C1. The van der Waals surface area contributed by atoms with E-state index in [0.29, 0.717) is 6.54 Å². The molecule has 6 nitrogen and oxygen atoms in total. The molecule has 1 spiro atoms. The molecule has 0 aliphatic carbocycles. The normalized spacial score (nSPS) is 27.6. The van der Waals surface area contributed by atoms with E-state index in [9.17, 15) is 4.79 Å². The third-order valence-corrected chi connectivity index (χ3v) is 6.75. The standard InChI is InChI=1S/C22H27N5O/c1-23-21(28)14-26-9-7-22(15-26)8-10-27-20(22)12-19(25(27)2)17-11-16-5-3-4-6-18(16)24-13-17/h3-6,11-13,19H,7-10,14-15H2,1-2H3,(H,23,28). The molecule has 2 atom stereocenters. The molecule has 0 bridgehead atoms. The summed E-state index contributed by atoms with van der Waals surface area (Å²) in [6.45, 7) is 3.51. The lowest BCUT2D eigenvalue weighted by Gasteiger charge is -2.31.